The minimum Gasteiger partial charge on any atom is -0.478 e. The Balaban J connectivity index is 1.60. The lowest BCUT2D eigenvalue weighted by atomic mass is 9.54. The highest BCUT2D eigenvalue weighted by atomic mass is 79.9. The molecule has 158 valence electrons. The van der Waals surface area contributed by atoms with Crippen LogP contribution < -0.4 is 4.90 Å². The molecule has 3 aromatic rings. The molecular formula is C25H15Br2NO4. The van der Waals surface area contributed by atoms with E-state index in [2.05, 4.69) is 31.9 Å². The van der Waals surface area contributed by atoms with E-state index in [4.69, 9.17) is 0 Å². The highest BCUT2D eigenvalue weighted by Gasteiger charge is 2.72. The highest BCUT2D eigenvalue weighted by molar-refractivity contribution is 9.10. The first kappa shape index (κ1) is 19.9. The summed E-state index contributed by atoms with van der Waals surface area (Å²) in [5.41, 5.74) is 4.36. The lowest BCUT2D eigenvalue weighted by Gasteiger charge is -2.55. The van der Waals surface area contributed by atoms with Crippen molar-refractivity contribution in [3.05, 3.63) is 101 Å². The fourth-order valence-corrected chi connectivity index (χ4v) is 7.98. The van der Waals surface area contributed by atoms with Crippen LogP contribution in [0, 0.1) is 11.8 Å². The van der Waals surface area contributed by atoms with E-state index in [1.165, 1.54) is 29.2 Å². The number of anilines is 1. The molecule has 7 heteroatoms. The minimum absolute atomic E-state index is 0.0964. The maximum absolute atomic E-state index is 13.9. The zero-order chi connectivity index (χ0) is 22.4. The number of carboxylic acid groups (broad SMARTS) is 1. The molecule has 0 radical (unpaired) electrons. The Bertz CT molecular complexity index is 1230. The number of alkyl halides is 2. The number of halogens is 2. The van der Waals surface area contributed by atoms with E-state index < -0.39 is 26.5 Å². The number of amides is 2. The number of carbonyl (C=O) groups excluding carboxylic acids is 2. The third-order valence-electron chi connectivity index (χ3n) is 6.96. The molecule has 2 amide bonds. The van der Waals surface area contributed by atoms with Crippen molar-refractivity contribution in [2.45, 2.75) is 8.65 Å². The normalized spacial score (nSPS) is 29.5. The Morgan fingerprint density at radius 2 is 1.09 bits per heavy atom. The van der Waals surface area contributed by atoms with Crippen LogP contribution in [0.25, 0.3) is 0 Å². The SMILES string of the molecule is O=C(O)c1ccc(N2C(=O)[C@@H]3[C@H](C2=O)C2(Br)c4ccccc4C3(Br)c3ccccc32)cc1. The summed E-state index contributed by atoms with van der Waals surface area (Å²) in [6.45, 7) is 0. The van der Waals surface area contributed by atoms with Gasteiger partial charge in [-0.2, -0.15) is 0 Å². The predicted octanol–water partition coefficient (Wildman–Crippen LogP) is 4.79. The van der Waals surface area contributed by atoms with Crippen LogP contribution in [0.1, 0.15) is 32.6 Å². The standard InChI is InChI=1S/C25H15Br2NO4/c26-24-15-5-1-2-6-16(15)25(27,18-8-4-3-7-17(18)24)20-19(24)21(29)28(22(20)30)14-11-9-13(10-12-14)23(31)32/h1-12,19-20H,(H,31,32)/t19-,20+,24?,25?. The van der Waals surface area contributed by atoms with E-state index in [1.807, 2.05) is 48.5 Å². The fourth-order valence-electron chi connectivity index (χ4n) is 5.67. The minimum atomic E-state index is -1.06. The average molecular weight is 553 g/mol. The molecular weight excluding hydrogens is 538 g/mol. The summed E-state index contributed by atoms with van der Waals surface area (Å²) in [4.78, 5) is 40.2. The van der Waals surface area contributed by atoms with Crippen molar-refractivity contribution in [2.75, 3.05) is 4.90 Å². The fraction of sp³-hybridized carbons (Fsp3) is 0.160. The summed E-state index contributed by atoms with van der Waals surface area (Å²) in [6.07, 6.45) is 0. The predicted molar refractivity (Wildman–Crippen MR) is 125 cm³/mol. The first-order valence-electron chi connectivity index (χ1n) is 10.1. The first-order chi connectivity index (χ1) is 15.3. The molecule has 0 unspecified atom stereocenters. The summed E-state index contributed by atoms with van der Waals surface area (Å²) in [6, 6.07) is 21.7. The van der Waals surface area contributed by atoms with Crippen LogP contribution in [0.4, 0.5) is 5.69 Å². The van der Waals surface area contributed by atoms with E-state index in [1.54, 1.807) is 0 Å². The summed E-state index contributed by atoms with van der Waals surface area (Å²) in [5.74, 6) is -2.97. The lowest BCUT2D eigenvalue weighted by Crippen LogP contribution is -2.56. The van der Waals surface area contributed by atoms with Gasteiger partial charge in [-0.1, -0.05) is 80.4 Å². The molecule has 1 saturated heterocycles. The Labute approximate surface area is 200 Å². The quantitative estimate of drug-likeness (QED) is 0.366. The van der Waals surface area contributed by atoms with Crippen molar-refractivity contribution < 1.29 is 19.5 Å². The van der Waals surface area contributed by atoms with Crippen molar-refractivity contribution in [1.82, 2.24) is 0 Å². The van der Waals surface area contributed by atoms with Crippen LogP contribution in [-0.4, -0.2) is 22.9 Å². The van der Waals surface area contributed by atoms with Crippen LogP contribution in [0.5, 0.6) is 0 Å². The molecule has 1 heterocycles. The number of hydrogen-bond donors (Lipinski definition) is 1. The number of benzene rings is 3. The molecule has 1 fully saturated rings. The molecule has 4 aliphatic rings. The molecule has 0 aromatic heterocycles. The summed E-state index contributed by atoms with van der Waals surface area (Å²) in [5, 5.41) is 9.20. The van der Waals surface area contributed by atoms with Gasteiger partial charge in [0.15, 0.2) is 0 Å². The van der Waals surface area contributed by atoms with Gasteiger partial charge in [0.2, 0.25) is 11.8 Å². The van der Waals surface area contributed by atoms with E-state index in [9.17, 15) is 19.5 Å². The Morgan fingerprint density at radius 3 is 1.44 bits per heavy atom. The van der Waals surface area contributed by atoms with E-state index in [-0.39, 0.29) is 17.4 Å². The number of imide groups is 1. The number of hydrogen-bond acceptors (Lipinski definition) is 3. The van der Waals surface area contributed by atoms with Crippen LogP contribution in [-0.2, 0) is 18.2 Å². The van der Waals surface area contributed by atoms with Crippen molar-refractivity contribution >= 4 is 55.3 Å². The van der Waals surface area contributed by atoms with Crippen LogP contribution in [0.15, 0.2) is 72.8 Å². The monoisotopic (exact) mass is 551 g/mol. The number of aromatic carboxylic acids is 1. The zero-order valence-corrected chi connectivity index (χ0v) is 19.6. The first-order valence-corrected chi connectivity index (χ1v) is 11.7. The Kier molecular flexibility index (Phi) is 3.97. The molecule has 1 aliphatic heterocycles. The molecule has 3 aromatic carbocycles. The second-order valence-electron chi connectivity index (χ2n) is 8.33. The van der Waals surface area contributed by atoms with Gasteiger partial charge in [-0.15, -0.1) is 0 Å². The number of nitrogens with zero attached hydrogens (tertiary/aromatic N) is 1. The maximum atomic E-state index is 13.9. The van der Waals surface area contributed by atoms with E-state index in [0.29, 0.717) is 5.69 Å². The van der Waals surface area contributed by atoms with Gasteiger partial charge in [0, 0.05) is 0 Å². The molecule has 0 spiro atoms. The van der Waals surface area contributed by atoms with Crippen molar-refractivity contribution in [3.8, 4) is 0 Å². The lowest BCUT2D eigenvalue weighted by molar-refractivity contribution is -0.122. The van der Waals surface area contributed by atoms with Crippen molar-refractivity contribution in [2.24, 2.45) is 11.8 Å². The Hall–Kier alpha value is -2.77. The molecule has 5 nitrogen and oxygen atoms in total. The third kappa shape index (κ3) is 2.16. The van der Waals surface area contributed by atoms with Crippen LogP contribution in [0.2, 0.25) is 0 Å². The maximum Gasteiger partial charge on any atom is 0.335 e. The molecule has 3 aliphatic carbocycles. The average Bonchev–Trinajstić information content (AvgIpc) is 3.08. The van der Waals surface area contributed by atoms with Gasteiger partial charge in [-0.25, -0.2) is 9.69 Å². The van der Waals surface area contributed by atoms with Gasteiger partial charge in [-0.3, -0.25) is 9.59 Å². The van der Waals surface area contributed by atoms with Gasteiger partial charge in [-0.05, 0) is 46.5 Å². The van der Waals surface area contributed by atoms with Gasteiger partial charge in [0.1, 0.15) is 0 Å². The Morgan fingerprint density at radius 1 is 0.719 bits per heavy atom. The van der Waals surface area contributed by atoms with Crippen LogP contribution in [0.3, 0.4) is 0 Å². The highest BCUT2D eigenvalue weighted by Crippen LogP contribution is 2.70. The van der Waals surface area contributed by atoms with Crippen molar-refractivity contribution in [1.29, 1.82) is 0 Å². The van der Waals surface area contributed by atoms with Gasteiger partial charge < -0.3 is 5.11 Å². The zero-order valence-electron chi connectivity index (χ0n) is 16.5. The molecule has 2 bridgehead atoms. The van der Waals surface area contributed by atoms with E-state index >= 15 is 0 Å². The second-order valence-corrected chi connectivity index (χ2v) is 10.8. The molecule has 1 N–H and O–H groups in total. The third-order valence-corrected chi connectivity index (χ3v) is 9.65. The van der Waals surface area contributed by atoms with Crippen LogP contribution >= 0.6 is 31.9 Å². The molecule has 32 heavy (non-hydrogen) atoms. The van der Waals surface area contributed by atoms with Gasteiger partial charge in [0.25, 0.3) is 0 Å². The number of carboxylic acids is 1. The molecule has 7 rings (SSSR count). The summed E-state index contributed by atoms with van der Waals surface area (Å²) in [7, 11) is 0. The number of carbonyl (C=O) groups is 3. The molecule has 2 atom stereocenters. The summed E-state index contributed by atoms with van der Waals surface area (Å²) < 4.78 is -1.69. The van der Waals surface area contributed by atoms with Crippen molar-refractivity contribution in [3.63, 3.8) is 0 Å². The van der Waals surface area contributed by atoms with Gasteiger partial charge in [0.05, 0.1) is 31.7 Å². The largest absolute Gasteiger partial charge is 0.478 e. The smallest absolute Gasteiger partial charge is 0.335 e. The topological polar surface area (TPSA) is 74.7 Å². The number of rotatable bonds is 2. The second kappa shape index (κ2) is 6.39. The summed E-state index contributed by atoms with van der Waals surface area (Å²) >= 11 is 7.92. The van der Waals surface area contributed by atoms with Gasteiger partial charge >= 0.3 is 5.97 Å². The van der Waals surface area contributed by atoms with E-state index in [0.717, 1.165) is 22.3 Å². The molecule has 0 saturated carbocycles.